The number of nitrogens with zero attached hydrogens (tertiary/aromatic N) is 2. The molecule has 116 valence electrons. The van der Waals surface area contributed by atoms with E-state index in [0.29, 0.717) is 6.04 Å². The number of hydrogen-bond donors (Lipinski definition) is 1. The predicted molar refractivity (Wildman–Crippen MR) is 88.7 cm³/mol. The zero-order valence-corrected chi connectivity index (χ0v) is 14.8. The molecule has 1 saturated heterocycles. The molecule has 1 aromatic rings. The van der Waals surface area contributed by atoms with Gasteiger partial charge in [-0.1, -0.05) is 20.8 Å². The summed E-state index contributed by atoms with van der Waals surface area (Å²) in [4.78, 5) is 19.7. The average Bonchev–Trinajstić information content (AvgIpc) is 2.76. The van der Waals surface area contributed by atoms with Crippen molar-refractivity contribution in [1.29, 1.82) is 0 Å². The van der Waals surface area contributed by atoms with Gasteiger partial charge >= 0.3 is 0 Å². The molecule has 0 aliphatic carbocycles. The Balaban J connectivity index is 0.00000180. The lowest BCUT2D eigenvalue weighted by molar-refractivity contribution is 0.0711. The van der Waals surface area contributed by atoms with E-state index in [2.05, 4.69) is 38.0 Å². The van der Waals surface area contributed by atoms with E-state index in [0.717, 1.165) is 30.2 Å². The van der Waals surface area contributed by atoms with Gasteiger partial charge in [-0.25, -0.2) is 4.98 Å². The lowest BCUT2D eigenvalue weighted by Crippen LogP contribution is -2.51. The van der Waals surface area contributed by atoms with Crippen LogP contribution >= 0.6 is 36.2 Å². The minimum absolute atomic E-state index is 0. The first-order valence-electron chi connectivity index (χ1n) is 6.36. The van der Waals surface area contributed by atoms with Crippen LogP contribution in [0.1, 0.15) is 43.1 Å². The second kappa shape index (κ2) is 7.59. The Morgan fingerprint density at radius 1 is 1.45 bits per heavy atom. The highest BCUT2D eigenvalue weighted by atomic mass is 35.5. The van der Waals surface area contributed by atoms with Gasteiger partial charge in [0.1, 0.15) is 4.88 Å². The van der Waals surface area contributed by atoms with Crippen LogP contribution in [0.4, 0.5) is 0 Å². The van der Waals surface area contributed by atoms with Crippen LogP contribution in [0.25, 0.3) is 0 Å². The second-order valence-electron chi connectivity index (χ2n) is 5.89. The van der Waals surface area contributed by atoms with Crippen LogP contribution in [0, 0.1) is 0 Å². The van der Waals surface area contributed by atoms with Crippen molar-refractivity contribution in [3.8, 4) is 0 Å². The summed E-state index contributed by atoms with van der Waals surface area (Å²) in [5, 5.41) is 3.35. The molecule has 4 nitrogen and oxygen atoms in total. The number of halogens is 2. The van der Waals surface area contributed by atoms with E-state index in [-0.39, 0.29) is 36.1 Å². The third-order valence-corrected chi connectivity index (χ3v) is 3.94. The number of carbonyl (C=O) groups is 1. The molecule has 2 rings (SSSR count). The van der Waals surface area contributed by atoms with Crippen LogP contribution in [0.5, 0.6) is 0 Å². The zero-order chi connectivity index (χ0) is 13.3. The first-order chi connectivity index (χ1) is 8.39. The molecular formula is C13H23Cl2N3OS. The van der Waals surface area contributed by atoms with Crippen LogP contribution < -0.4 is 5.32 Å². The Bertz CT molecular complexity index is 445. The van der Waals surface area contributed by atoms with Crippen LogP contribution in [-0.2, 0) is 5.41 Å². The predicted octanol–water partition coefficient (Wildman–Crippen LogP) is 2.72. The van der Waals surface area contributed by atoms with E-state index in [9.17, 15) is 4.79 Å². The smallest absolute Gasteiger partial charge is 0.265 e. The number of hydrogen-bond acceptors (Lipinski definition) is 4. The number of carbonyl (C=O) groups excluding carboxylic acids is 1. The average molecular weight is 340 g/mol. The summed E-state index contributed by atoms with van der Waals surface area (Å²) in [6.45, 7) is 10.8. The molecular weight excluding hydrogens is 317 g/mol. The molecule has 1 fully saturated rings. The van der Waals surface area contributed by atoms with E-state index in [1.807, 2.05) is 4.90 Å². The van der Waals surface area contributed by atoms with Crippen molar-refractivity contribution in [2.75, 3.05) is 19.6 Å². The van der Waals surface area contributed by atoms with Gasteiger partial charge in [-0.2, -0.15) is 0 Å². The van der Waals surface area contributed by atoms with Crippen molar-refractivity contribution in [2.24, 2.45) is 0 Å². The lowest BCUT2D eigenvalue weighted by Gasteiger charge is -2.32. The van der Waals surface area contributed by atoms with Crippen LogP contribution in [-0.4, -0.2) is 41.5 Å². The second-order valence-corrected chi connectivity index (χ2v) is 6.74. The summed E-state index contributed by atoms with van der Waals surface area (Å²) in [6.07, 6.45) is 0. The van der Waals surface area contributed by atoms with Gasteiger partial charge in [0.2, 0.25) is 0 Å². The number of nitrogens with one attached hydrogen (secondary N) is 1. The van der Waals surface area contributed by atoms with Crippen LogP contribution in [0.3, 0.4) is 0 Å². The fourth-order valence-electron chi connectivity index (χ4n) is 2.19. The van der Waals surface area contributed by atoms with Crippen LogP contribution in [0.15, 0.2) is 5.51 Å². The SMILES string of the molecule is CC1CN(C(=O)c2scnc2C(C)(C)C)CCN1.Cl.Cl. The third-order valence-electron chi connectivity index (χ3n) is 3.13. The molecule has 0 bridgehead atoms. The van der Waals surface area contributed by atoms with Crippen molar-refractivity contribution in [2.45, 2.75) is 39.2 Å². The summed E-state index contributed by atoms with van der Waals surface area (Å²) in [6, 6.07) is 0.369. The molecule has 1 unspecified atom stereocenters. The third kappa shape index (κ3) is 4.32. The summed E-state index contributed by atoms with van der Waals surface area (Å²) < 4.78 is 0. The Hall–Kier alpha value is -0.360. The van der Waals surface area contributed by atoms with E-state index in [4.69, 9.17) is 0 Å². The van der Waals surface area contributed by atoms with Crippen molar-refractivity contribution in [3.05, 3.63) is 16.1 Å². The van der Waals surface area contributed by atoms with Gasteiger partial charge in [-0.15, -0.1) is 36.2 Å². The van der Waals surface area contributed by atoms with Crippen molar-refractivity contribution in [1.82, 2.24) is 15.2 Å². The molecule has 0 spiro atoms. The maximum Gasteiger partial charge on any atom is 0.265 e. The molecule has 20 heavy (non-hydrogen) atoms. The standard InChI is InChI=1S/C13H21N3OS.2ClH/c1-9-7-16(6-5-14-9)12(17)10-11(13(2,3)4)15-8-18-10;;/h8-9,14H,5-7H2,1-4H3;2*1H. The largest absolute Gasteiger partial charge is 0.335 e. The van der Waals surface area contributed by atoms with Gasteiger partial charge in [0.05, 0.1) is 11.2 Å². The number of thiazole rings is 1. The lowest BCUT2D eigenvalue weighted by atomic mass is 9.91. The number of rotatable bonds is 1. The summed E-state index contributed by atoms with van der Waals surface area (Å²) in [7, 11) is 0. The fourth-order valence-corrected chi connectivity index (χ4v) is 3.16. The molecule has 1 aromatic heterocycles. The monoisotopic (exact) mass is 339 g/mol. The van der Waals surface area contributed by atoms with Crippen LogP contribution in [0.2, 0.25) is 0 Å². The Morgan fingerprint density at radius 2 is 2.10 bits per heavy atom. The normalized spacial score (nSPS) is 19.0. The fraction of sp³-hybridized carbons (Fsp3) is 0.692. The highest BCUT2D eigenvalue weighted by Crippen LogP contribution is 2.28. The molecule has 0 radical (unpaired) electrons. The summed E-state index contributed by atoms with van der Waals surface area (Å²) in [5.41, 5.74) is 2.62. The topological polar surface area (TPSA) is 45.2 Å². The molecule has 1 aliphatic rings. The molecule has 1 atom stereocenters. The van der Waals surface area contributed by atoms with Gasteiger partial charge in [0.25, 0.3) is 5.91 Å². The highest BCUT2D eigenvalue weighted by Gasteiger charge is 2.29. The van der Waals surface area contributed by atoms with E-state index in [1.54, 1.807) is 5.51 Å². The maximum atomic E-state index is 12.5. The Kier molecular flexibility index (Phi) is 7.46. The minimum atomic E-state index is -0.0787. The molecule has 0 saturated carbocycles. The van der Waals surface area contributed by atoms with E-state index < -0.39 is 0 Å². The Labute approximate surface area is 137 Å². The van der Waals surface area contributed by atoms with Gasteiger partial charge < -0.3 is 10.2 Å². The molecule has 7 heteroatoms. The first kappa shape index (κ1) is 19.6. The number of amides is 1. The van der Waals surface area contributed by atoms with Crippen molar-refractivity contribution >= 4 is 42.1 Å². The zero-order valence-electron chi connectivity index (χ0n) is 12.3. The van der Waals surface area contributed by atoms with Crippen molar-refractivity contribution < 1.29 is 4.79 Å². The van der Waals surface area contributed by atoms with Gasteiger partial charge in [-0.05, 0) is 6.92 Å². The molecule has 0 aromatic carbocycles. The molecule has 2 heterocycles. The van der Waals surface area contributed by atoms with E-state index in [1.165, 1.54) is 11.3 Å². The molecule has 1 N–H and O–H groups in total. The maximum absolute atomic E-state index is 12.5. The Morgan fingerprint density at radius 3 is 2.65 bits per heavy atom. The highest BCUT2D eigenvalue weighted by molar-refractivity contribution is 7.11. The van der Waals surface area contributed by atoms with Gasteiger partial charge in [0, 0.05) is 31.1 Å². The van der Waals surface area contributed by atoms with Gasteiger partial charge in [-0.3, -0.25) is 4.79 Å². The first-order valence-corrected chi connectivity index (χ1v) is 7.24. The molecule has 1 amide bonds. The van der Waals surface area contributed by atoms with Gasteiger partial charge in [0.15, 0.2) is 0 Å². The summed E-state index contributed by atoms with van der Waals surface area (Å²) in [5.74, 6) is 0.135. The summed E-state index contributed by atoms with van der Waals surface area (Å²) >= 11 is 1.46. The van der Waals surface area contributed by atoms with Crippen molar-refractivity contribution in [3.63, 3.8) is 0 Å². The quantitative estimate of drug-likeness (QED) is 0.855. The number of aromatic nitrogens is 1. The minimum Gasteiger partial charge on any atom is -0.335 e. The van der Waals surface area contributed by atoms with E-state index >= 15 is 0 Å². The molecule has 1 aliphatic heterocycles. The number of piperazine rings is 1.